The monoisotopic (exact) mass is 1870 g/mol. The third-order valence-electron chi connectivity index (χ3n) is 15.0. The van der Waals surface area contributed by atoms with E-state index in [0.29, 0.717) is 27.9 Å². The van der Waals surface area contributed by atoms with Crippen molar-refractivity contribution in [3.63, 3.8) is 0 Å². The molecule has 0 aromatic rings. The molecule has 0 radical (unpaired) electrons. The number of nitrogens with zero attached hydrogens (tertiary/aromatic N) is 1. The SMILES string of the molecule is [2H]C([2H])([2H])O[C@H]1O[C@@H](COS(=O)(=O)[O-])[C@@H](O[C@@H]2OC(C(=O)[O-])[C@@](C)(O[C@H]3OC(C(C)OS(=O)(=O)[O-])[C@@](C)(O[C@]4([2H])O[C@@]([2H])(C(=O)[O-])[C@@]([2H])(O[C@H]5O[C@@H](COSOO[O-])[C@@H](OC)C(C)(OC)C5N(C)SOO[O-])C(C)(O)C4([2H])OC)[C@H](OSOO[O-])C3NSOO[O-])[C@@H](O)C2OS(=O)(=O)[O-])C(OC)C1NSOO[O-].[Na+].[Na+].[Na+].[Na+].[Na+].[Na+].[Na+].[Na+].[Na+].[Na+]. The molecule has 5 heterocycles. The normalized spacial score (nSPS) is 38.8. The minimum Gasteiger partial charge on any atom is -0.726 e. The van der Waals surface area contributed by atoms with Crippen molar-refractivity contribution >= 4 is 104 Å². The summed E-state index contributed by atoms with van der Waals surface area (Å²) in [5.74, 6) is -5.72. The van der Waals surface area contributed by atoms with E-state index in [2.05, 4.69) is 68.9 Å². The summed E-state index contributed by atoms with van der Waals surface area (Å²) < 4.78 is 304. The van der Waals surface area contributed by atoms with E-state index >= 15 is 0 Å². The minimum atomic E-state index is -6.42. The van der Waals surface area contributed by atoms with E-state index in [9.17, 15) is 101 Å². The Balaban J connectivity index is -0.00000314. The molecular weight excluding hydrogens is 1800 g/mol. The number of rotatable bonds is 44. The molecule has 0 spiro atoms. The van der Waals surface area contributed by atoms with E-state index in [1.54, 1.807) is 0 Å². The predicted molar refractivity (Wildman–Crippen MR) is 289 cm³/mol. The van der Waals surface area contributed by atoms with Crippen LogP contribution < -0.4 is 342 Å². The molecule has 11 unspecified atom stereocenters. The van der Waals surface area contributed by atoms with Gasteiger partial charge in [0, 0.05) is 42.5 Å². The number of hydrogen-bond donors (Lipinski definition) is 4. The van der Waals surface area contributed by atoms with Crippen LogP contribution in [0.1, 0.15) is 44.2 Å². The molecule has 0 bridgehead atoms. The number of carboxylic acid groups (broad SMARTS) is 2. The molecule has 0 aromatic carbocycles. The number of aliphatic hydroxyl groups is 2. The molecule has 0 saturated carbocycles. The fourth-order valence-corrected chi connectivity index (χ4v) is 14.3. The number of hydrogen-bond acceptors (Lipinski definition) is 57. The molecule has 52 nitrogen and oxygen atoms in total. The first-order chi connectivity index (χ1) is 49.9. The van der Waals surface area contributed by atoms with Crippen molar-refractivity contribution in [1.82, 2.24) is 13.7 Å². The second-order valence-electron chi connectivity index (χ2n) is 20.8. The molecule has 4 N–H and O–H groups in total. The fraction of sp³-hybridized carbons (Fsp3) is 0.951. The van der Waals surface area contributed by atoms with Gasteiger partial charge in [0.1, 0.15) is 150 Å². The Kier molecular flexibility index (Phi) is 64.2. The van der Waals surface area contributed by atoms with Gasteiger partial charge >= 0.3 is 296 Å². The van der Waals surface area contributed by atoms with Crippen LogP contribution in [0.4, 0.5) is 0 Å². The number of nitrogens with one attached hydrogen (secondary N) is 2. The number of carbonyl (C=O) groups is 2. The van der Waals surface area contributed by atoms with Gasteiger partial charge in [0.05, 0.1) is 40.8 Å². The van der Waals surface area contributed by atoms with Crippen molar-refractivity contribution in [3.05, 3.63) is 0 Å². The maximum atomic E-state index is 13.9. The molecule has 5 aliphatic heterocycles. The summed E-state index contributed by atoms with van der Waals surface area (Å²) in [5.41, 5.74) is -13.5. The van der Waals surface area contributed by atoms with Gasteiger partial charge in [0.15, 0.2) is 62.2 Å². The van der Waals surface area contributed by atoms with Crippen LogP contribution in [0.3, 0.4) is 0 Å². The zero-order valence-corrected chi connectivity index (χ0v) is 88.6. The Labute approximate surface area is 886 Å². The molecule has 26 atom stereocenters. The molecule has 0 aliphatic carbocycles. The Bertz CT molecular complexity index is 3300. The molecule has 5 fully saturated rings. The van der Waals surface area contributed by atoms with Crippen molar-refractivity contribution < 1.29 is 534 Å². The number of aliphatic carboxylic acids is 2. The van der Waals surface area contributed by atoms with Gasteiger partial charge in [-0.2, -0.15) is 13.0 Å². The largest absolute Gasteiger partial charge is 1.00 e. The van der Waals surface area contributed by atoms with Crippen LogP contribution in [0, 0.1) is 0 Å². The van der Waals surface area contributed by atoms with Crippen molar-refractivity contribution in [3.8, 4) is 0 Å². The fourth-order valence-electron chi connectivity index (χ4n) is 11.0. The maximum Gasteiger partial charge on any atom is 1.00 e. The van der Waals surface area contributed by atoms with Crippen molar-refractivity contribution in [2.45, 2.75) is 192 Å². The first-order valence-electron chi connectivity index (χ1n) is 30.1. The van der Waals surface area contributed by atoms with Gasteiger partial charge < -0.3 is 136 Å². The average Bonchev–Trinajstić information content (AvgIpc) is 0.667. The summed E-state index contributed by atoms with van der Waals surface area (Å²) in [6.45, 7) is 0.450. The average molecular weight is 1880 g/mol. The van der Waals surface area contributed by atoms with Crippen LogP contribution in [-0.4, -0.2) is 278 Å². The summed E-state index contributed by atoms with van der Waals surface area (Å²) in [7, 11) is -17.7. The van der Waals surface area contributed by atoms with E-state index in [0.717, 1.165) is 32.7 Å². The second kappa shape index (κ2) is 61.5. The predicted octanol–water partition coefficient (Wildman–Crippen LogP) is -42.6. The van der Waals surface area contributed by atoms with Gasteiger partial charge in [-0.15, -0.1) is 8.67 Å². The standard InChI is InChI=1S/C41H73N3O49S8.10Na/c1-14(82-100(59,60)61)25-41(5,80-37-30(67-9)38(2,50)28(22(75-37)31(46)47)77-36-23(44(6)96-91-86-53)39(3,69-11)26(66-8)16(73-36)12-70-97-92-87-54)27(81-98-93-88-55)18(43-95-90-85-52)34(76-25)79-40(4)24(45)21(83-101(62,63)64)35(78-29(40)32(48)49)74-19-15(13-71-99(56,57)58)72-33(68-10)17(20(19)65-7)42-94-89-84-51;;;;;;;;;;/h14-30,33-37,42-43,45,50-55H,12-13H2,1-11H3,(H,46,47)(H,48,49)(H,56,57,58)(H,59,60,61)(H,62,63,64);;;;;;;;;;/q;10*+1/p-10/t14?,15-,16-,17?,18?,19+,20?,21?,22+,23?,24-,25?,26+,27+,28+,29?,30?,33-,34+,35+,36+,37-,38?,39?,40-,41+;;;;;;;;;;/m0........../s1/i10D3,22D,28D,30D,37D;;;;;;;;;;. The topological polar surface area (TPSA) is 703 Å². The quantitative estimate of drug-likeness (QED) is 0.00643. The van der Waals surface area contributed by atoms with Crippen LogP contribution in [0.5, 0.6) is 0 Å². The van der Waals surface area contributed by atoms with Gasteiger partial charge in [0.2, 0.25) is 31.2 Å². The Hall–Kier alpha value is 8.86. The number of ether oxygens (including phenoxy) is 14. The van der Waals surface area contributed by atoms with Gasteiger partial charge in [-0.3, -0.25) is 46.1 Å². The zero-order chi connectivity index (χ0) is 82.0. The molecular formula is C41H63N3Na10O49S8. The Morgan fingerprint density at radius 2 is 1.15 bits per heavy atom. The van der Waals surface area contributed by atoms with E-state index in [4.69, 9.17) is 78.8 Å². The minimum absolute atomic E-state index is 0. The molecule has 70 heteroatoms. The number of carboxylic acids is 2. The van der Waals surface area contributed by atoms with E-state index < -0.39 is 245 Å². The van der Waals surface area contributed by atoms with Crippen LogP contribution in [0.25, 0.3) is 0 Å². The Morgan fingerprint density at radius 1 is 0.595 bits per heavy atom. The first kappa shape index (κ1) is 116. The molecule has 5 aliphatic rings. The number of aliphatic hydroxyl groups excluding tert-OH is 1. The van der Waals surface area contributed by atoms with E-state index in [-0.39, 0.29) is 339 Å². The third kappa shape index (κ3) is 36.5. The van der Waals surface area contributed by atoms with Crippen LogP contribution in [0.15, 0.2) is 0 Å². The van der Waals surface area contributed by atoms with E-state index in [1.807, 2.05) is 0 Å². The number of carbonyl (C=O) groups excluding carboxylic acids is 2. The molecule has 5 rings (SSSR count). The molecule has 5 saturated heterocycles. The summed E-state index contributed by atoms with van der Waals surface area (Å²) in [6, 6.07) is -6.60. The van der Waals surface area contributed by atoms with Crippen molar-refractivity contribution in [2.75, 3.05) is 55.7 Å². The van der Waals surface area contributed by atoms with Gasteiger partial charge in [-0.05, 0) is 34.6 Å². The third-order valence-corrected chi connectivity index (χ3v) is 18.7. The van der Waals surface area contributed by atoms with E-state index in [1.165, 1.54) is 6.92 Å². The molecule has 111 heavy (non-hydrogen) atoms. The first-order valence-corrected chi connectivity index (χ1v) is 34.1. The summed E-state index contributed by atoms with van der Waals surface area (Å²) in [6.07, 6.45) is -57.4. The van der Waals surface area contributed by atoms with Gasteiger partial charge in [0.25, 0.3) is 0 Å². The molecule has 0 amide bonds. The van der Waals surface area contributed by atoms with Crippen LogP contribution in [0.2, 0.25) is 0 Å². The Morgan fingerprint density at radius 3 is 1.64 bits per heavy atom. The van der Waals surface area contributed by atoms with Crippen molar-refractivity contribution in [1.29, 1.82) is 0 Å². The zero-order valence-electron chi connectivity index (χ0n) is 69.1. The van der Waals surface area contributed by atoms with Gasteiger partial charge in [-0.25, -0.2) is 39.0 Å². The van der Waals surface area contributed by atoms with Gasteiger partial charge in [-0.1, -0.05) is 0 Å². The maximum absolute atomic E-state index is 13.9. The molecule has 0 aromatic heterocycles. The number of methoxy groups -OCH3 is 5. The van der Waals surface area contributed by atoms with Crippen LogP contribution in [-0.2, 0) is 175 Å². The van der Waals surface area contributed by atoms with Crippen LogP contribution >= 0.6 is 61.3 Å². The summed E-state index contributed by atoms with van der Waals surface area (Å²) in [5, 5.41) is 125. The van der Waals surface area contributed by atoms with Crippen molar-refractivity contribution in [2.24, 2.45) is 0 Å². The number of likely N-dealkylation sites (N-methyl/N-ethyl adjacent to an activating group) is 1. The summed E-state index contributed by atoms with van der Waals surface area (Å²) in [4.78, 5) is 27.5. The smallest absolute Gasteiger partial charge is 0.726 e. The summed E-state index contributed by atoms with van der Waals surface area (Å²) >= 11 is -1.46. The second-order valence-corrected chi connectivity index (χ2v) is 26.8. The molecule has 594 valence electrons.